The second kappa shape index (κ2) is 6.99. The first-order valence-electron chi connectivity index (χ1n) is 9.27. The standard InChI is InChI=1S/C22H27N3O/c1-5-22(2,3)15-8-11-19-17(12-15)20(18(13-23)21(24)25-19)14-6-9-16(26-4)10-7-14/h6-7,9-10,15H,5,8,11-12H2,1-4H3,(H2,24,25)/t15-/m1/s1. The Balaban J connectivity index is 2.16. The number of aryl methyl sites for hydroxylation is 1. The summed E-state index contributed by atoms with van der Waals surface area (Å²) in [5.41, 5.74) is 11.1. The van der Waals surface area contributed by atoms with E-state index in [9.17, 15) is 5.26 Å². The summed E-state index contributed by atoms with van der Waals surface area (Å²) in [6.45, 7) is 6.93. The summed E-state index contributed by atoms with van der Waals surface area (Å²) in [4.78, 5) is 4.58. The molecular weight excluding hydrogens is 322 g/mol. The van der Waals surface area contributed by atoms with Crippen molar-refractivity contribution in [3.63, 3.8) is 0 Å². The second-order valence-electron chi connectivity index (χ2n) is 7.79. The van der Waals surface area contributed by atoms with E-state index in [0.29, 0.717) is 17.3 Å². The number of anilines is 1. The van der Waals surface area contributed by atoms with Gasteiger partial charge in [-0.1, -0.05) is 39.3 Å². The number of nitriles is 1. The molecule has 0 saturated carbocycles. The number of nitrogens with two attached hydrogens (primary N) is 1. The zero-order valence-corrected chi connectivity index (χ0v) is 16.1. The number of benzene rings is 1. The summed E-state index contributed by atoms with van der Waals surface area (Å²) in [5, 5.41) is 9.74. The third kappa shape index (κ3) is 3.14. The van der Waals surface area contributed by atoms with Gasteiger partial charge in [-0.05, 0) is 53.9 Å². The lowest BCUT2D eigenvalue weighted by atomic mass is 9.68. The first kappa shape index (κ1) is 18.3. The van der Waals surface area contributed by atoms with E-state index in [1.807, 2.05) is 24.3 Å². The monoisotopic (exact) mass is 349 g/mol. The zero-order chi connectivity index (χ0) is 18.9. The summed E-state index contributed by atoms with van der Waals surface area (Å²) < 4.78 is 5.27. The van der Waals surface area contributed by atoms with Crippen molar-refractivity contribution in [2.24, 2.45) is 11.3 Å². The highest BCUT2D eigenvalue weighted by Gasteiger charge is 2.34. The number of ether oxygens (including phenoxy) is 1. The Morgan fingerprint density at radius 2 is 2.00 bits per heavy atom. The molecule has 0 unspecified atom stereocenters. The highest BCUT2D eigenvalue weighted by atomic mass is 16.5. The normalized spacial score (nSPS) is 16.7. The van der Waals surface area contributed by atoms with Crippen LogP contribution in [0.2, 0.25) is 0 Å². The van der Waals surface area contributed by atoms with E-state index >= 15 is 0 Å². The van der Waals surface area contributed by atoms with E-state index in [1.54, 1.807) is 7.11 Å². The Kier molecular flexibility index (Phi) is 4.91. The minimum absolute atomic E-state index is 0.267. The number of pyridine rings is 1. The van der Waals surface area contributed by atoms with Gasteiger partial charge in [-0.3, -0.25) is 0 Å². The molecule has 1 aromatic heterocycles. The maximum absolute atomic E-state index is 9.74. The molecule has 2 aromatic rings. The molecule has 1 atom stereocenters. The van der Waals surface area contributed by atoms with Crippen LogP contribution >= 0.6 is 0 Å². The van der Waals surface area contributed by atoms with Crippen LogP contribution in [0.25, 0.3) is 11.1 Å². The van der Waals surface area contributed by atoms with Crippen LogP contribution in [-0.2, 0) is 12.8 Å². The van der Waals surface area contributed by atoms with Crippen molar-refractivity contribution in [3.8, 4) is 22.9 Å². The molecule has 0 saturated heterocycles. The molecular formula is C22H27N3O. The molecule has 1 heterocycles. The quantitative estimate of drug-likeness (QED) is 0.864. The molecule has 0 spiro atoms. The maximum atomic E-state index is 9.74. The van der Waals surface area contributed by atoms with Crippen molar-refractivity contribution in [2.45, 2.75) is 46.5 Å². The van der Waals surface area contributed by atoms with Crippen LogP contribution in [0.5, 0.6) is 5.75 Å². The van der Waals surface area contributed by atoms with E-state index < -0.39 is 0 Å². The molecule has 0 bridgehead atoms. The molecule has 4 nitrogen and oxygen atoms in total. The van der Waals surface area contributed by atoms with Gasteiger partial charge in [0.2, 0.25) is 0 Å². The highest BCUT2D eigenvalue weighted by Crippen LogP contribution is 2.43. The molecule has 0 aliphatic heterocycles. The van der Waals surface area contributed by atoms with Gasteiger partial charge in [0.25, 0.3) is 0 Å². The van der Waals surface area contributed by atoms with Gasteiger partial charge in [0.1, 0.15) is 23.2 Å². The fourth-order valence-corrected chi connectivity index (χ4v) is 3.92. The summed E-state index contributed by atoms with van der Waals surface area (Å²) in [6, 6.07) is 10.1. The van der Waals surface area contributed by atoms with E-state index in [1.165, 1.54) is 5.56 Å². The molecule has 3 rings (SSSR count). The minimum Gasteiger partial charge on any atom is -0.497 e. The number of hydrogen-bond donors (Lipinski definition) is 1. The highest BCUT2D eigenvalue weighted by molar-refractivity contribution is 5.79. The van der Waals surface area contributed by atoms with Crippen molar-refractivity contribution >= 4 is 5.82 Å². The fraction of sp³-hybridized carbons (Fsp3) is 0.455. The topological polar surface area (TPSA) is 71.9 Å². The van der Waals surface area contributed by atoms with Crippen LogP contribution in [0.15, 0.2) is 24.3 Å². The van der Waals surface area contributed by atoms with Crippen molar-refractivity contribution in [3.05, 3.63) is 41.1 Å². The Labute approximate surface area is 156 Å². The van der Waals surface area contributed by atoms with Crippen LogP contribution in [-0.4, -0.2) is 12.1 Å². The van der Waals surface area contributed by atoms with Crippen LogP contribution in [0.4, 0.5) is 5.82 Å². The van der Waals surface area contributed by atoms with Crippen LogP contribution in [0.3, 0.4) is 0 Å². The second-order valence-corrected chi connectivity index (χ2v) is 7.79. The summed E-state index contributed by atoms with van der Waals surface area (Å²) in [6.07, 6.45) is 4.12. The third-order valence-electron chi connectivity index (χ3n) is 6.10. The molecule has 0 fully saturated rings. The number of hydrogen-bond acceptors (Lipinski definition) is 4. The van der Waals surface area contributed by atoms with Crippen LogP contribution < -0.4 is 10.5 Å². The molecule has 4 heteroatoms. The minimum atomic E-state index is 0.267. The smallest absolute Gasteiger partial charge is 0.142 e. The summed E-state index contributed by atoms with van der Waals surface area (Å²) >= 11 is 0. The SMILES string of the molecule is CCC(C)(C)[C@@H]1CCc2nc(N)c(C#N)c(-c3ccc(OC)cc3)c2C1. The summed E-state index contributed by atoms with van der Waals surface area (Å²) in [7, 11) is 1.65. The van der Waals surface area contributed by atoms with Gasteiger partial charge >= 0.3 is 0 Å². The van der Waals surface area contributed by atoms with Crippen LogP contribution in [0, 0.1) is 22.7 Å². The average Bonchev–Trinajstić information content (AvgIpc) is 2.66. The molecule has 1 aromatic carbocycles. The number of methoxy groups -OCH3 is 1. The van der Waals surface area contributed by atoms with Crippen molar-refractivity contribution in [1.82, 2.24) is 4.98 Å². The summed E-state index contributed by atoms with van der Waals surface area (Å²) in [5.74, 6) is 1.72. The molecule has 0 amide bonds. The lowest BCUT2D eigenvalue weighted by Crippen LogP contribution is -2.30. The van der Waals surface area contributed by atoms with Gasteiger partial charge in [0, 0.05) is 11.3 Å². The number of nitrogens with zero attached hydrogens (tertiary/aromatic N) is 2. The van der Waals surface area contributed by atoms with Crippen LogP contribution in [0.1, 0.15) is 50.4 Å². The number of nitrogen functional groups attached to an aromatic ring is 1. The van der Waals surface area contributed by atoms with Crippen molar-refractivity contribution in [1.29, 1.82) is 5.26 Å². The van der Waals surface area contributed by atoms with Gasteiger partial charge < -0.3 is 10.5 Å². The first-order valence-corrected chi connectivity index (χ1v) is 9.27. The largest absolute Gasteiger partial charge is 0.497 e. The maximum Gasteiger partial charge on any atom is 0.142 e. The van der Waals surface area contributed by atoms with E-state index in [-0.39, 0.29) is 5.41 Å². The number of fused-ring (bicyclic) bond motifs is 1. The molecule has 1 aliphatic carbocycles. The van der Waals surface area contributed by atoms with Gasteiger partial charge in [-0.15, -0.1) is 0 Å². The predicted octanol–water partition coefficient (Wildman–Crippen LogP) is 4.75. The van der Waals surface area contributed by atoms with Gasteiger partial charge in [0.15, 0.2) is 0 Å². The van der Waals surface area contributed by atoms with Gasteiger partial charge in [-0.25, -0.2) is 4.98 Å². The number of rotatable bonds is 4. The molecule has 1 aliphatic rings. The lowest BCUT2D eigenvalue weighted by molar-refractivity contribution is 0.182. The molecule has 2 N–H and O–H groups in total. The first-order chi connectivity index (χ1) is 12.4. The van der Waals surface area contributed by atoms with E-state index in [0.717, 1.165) is 48.3 Å². The fourth-order valence-electron chi connectivity index (χ4n) is 3.92. The Hall–Kier alpha value is -2.54. The van der Waals surface area contributed by atoms with Gasteiger partial charge in [0.05, 0.1) is 7.11 Å². The van der Waals surface area contributed by atoms with Crippen molar-refractivity contribution < 1.29 is 4.74 Å². The predicted molar refractivity (Wildman–Crippen MR) is 105 cm³/mol. The Morgan fingerprint density at radius 1 is 1.31 bits per heavy atom. The van der Waals surface area contributed by atoms with E-state index in [4.69, 9.17) is 10.5 Å². The molecule has 26 heavy (non-hydrogen) atoms. The average molecular weight is 349 g/mol. The molecule has 136 valence electrons. The third-order valence-corrected chi connectivity index (χ3v) is 6.10. The Bertz CT molecular complexity index is 847. The zero-order valence-electron chi connectivity index (χ0n) is 16.1. The van der Waals surface area contributed by atoms with E-state index in [2.05, 4.69) is 31.8 Å². The lowest BCUT2D eigenvalue weighted by Gasteiger charge is -2.37. The number of aromatic nitrogens is 1. The van der Waals surface area contributed by atoms with Gasteiger partial charge in [-0.2, -0.15) is 5.26 Å². The Morgan fingerprint density at radius 3 is 2.58 bits per heavy atom. The van der Waals surface area contributed by atoms with Crippen molar-refractivity contribution in [2.75, 3.05) is 12.8 Å². The molecule has 0 radical (unpaired) electrons.